The van der Waals surface area contributed by atoms with E-state index in [1.807, 2.05) is 0 Å². The molecule has 1 aromatic rings. The largest absolute Gasteiger partial charge is 0.492 e. The molecule has 0 radical (unpaired) electrons. The van der Waals surface area contributed by atoms with Crippen LogP contribution in [0, 0.1) is 5.41 Å². The van der Waals surface area contributed by atoms with Crippen LogP contribution in [0.4, 0.5) is 0 Å². The van der Waals surface area contributed by atoms with Crippen molar-refractivity contribution in [1.82, 2.24) is 0 Å². The molecule has 0 aliphatic carbocycles. The van der Waals surface area contributed by atoms with Gasteiger partial charge in [-0.1, -0.05) is 41.4 Å². The number of hydrogen-bond donors (Lipinski definition) is 0. The highest BCUT2D eigenvalue weighted by Crippen LogP contribution is 2.31. The van der Waals surface area contributed by atoms with Gasteiger partial charge in [-0.15, -0.1) is 0 Å². The van der Waals surface area contributed by atoms with E-state index < -0.39 is 0 Å². The van der Waals surface area contributed by atoms with Crippen molar-refractivity contribution in [3.05, 3.63) is 28.8 Å². The number of hydrogen-bond acceptors (Lipinski definition) is 2. The Morgan fingerprint density at radius 2 is 2.00 bits per heavy atom. The zero-order valence-corrected chi connectivity index (χ0v) is 14.0. The molecule has 0 bridgehead atoms. The zero-order valence-electron chi connectivity index (χ0n) is 11.6. The summed E-state index contributed by atoms with van der Waals surface area (Å²) in [5, 5.41) is 1.44. The summed E-state index contributed by atoms with van der Waals surface area (Å²) in [5.74, 6) is 0.582. The van der Waals surface area contributed by atoms with Crippen molar-refractivity contribution >= 4 is 33.3 Å². The lowest BCUT2D eigenvalue weighted by Crippen LogP contribution is -2.29. The van der Waals surface area contributed by atoms with Gasteiger partial charge in [0.2, 0.25) is 0 Å². The maximum absolute atomic E-state index is 11.6. The molecule has 1 rings (SSSR count). The topological polar surface area (TPSA) is 26.3 Å². The predicted octanol–water partition coefficient (Wildman–Crippen LogP) is 5.12. The van der Waals surface area contributed by atoms with Gasteiger partial charge in [-0.25, -0.2) is 0 Å². The minimum atomic E-state index is -0.0325. The van der Waals surface area contributed by atoms with Gasteiger partial charge in [-0.2, -0.15) is 0 Å². The lowest BCUT2D eigenvalue weighted by Gasteiger charge is -2.29. The zero-order chi connectivity index (χ0) is 14.5. The van der Waals surface area contributed by atoms with E-state index >= 15 is 0 Å². The highest BCUT2D eigenvalue weighted by atomic mass is 79.9. The van der Waals surface area contributed by atoms with Crippen molar-refractivity contribution in [2.75, 3.05) is 11.9 Å². The molecule has 0 atom stereocenters. The molecule has 0 heterocycles. The lowest BCUT2D eigenvalue weighted by atomic mass is 9.86. The third-order valence-corrected chi connectivity index (χ3v) is 5.06. The summed E-state index contributed by atoms with van der Waals surface area (Å²) in [7, 11) is 0. The van der Waals surface area contributed by atoms with E-state index in [0.29, 0.717) is 22.9 Å². The molecule has 19 heavy (non-hydrogen) atoms. The second kappa shape index (κ2) is 7.30. The van der Waals surface area contributed by atoms with Crippen molar-refractivity contribution in [3.8, 4) is 5.75 Å². The number of halogens is 2. The molecular weight excluding hydrogens is 328 g/mol. The van der Waals surface area contributed by atoms with Crippen LogP contribution in [0.15, 0.2) is 18.2 Å². The number of rotatable bonds is 7. The molecule has 0 saturated carbocycles. The van der Waals surface area contributed by atoms with Gasteiger partial charge in [0.25, 0.3) is 0 Å². The molecule has 0 aromatic heterocycles. The fraction of sp³-hybridized carbons (Fsp3) is 0.533. The summed E-state index contributed by atoms with van der Waals surface area (Å²) < 4.78 is 5.88. The average Bonchev–Trinajstić information content (AvgIpc) is 2.42. The van der Waals surface area contributed by atoms with Gasteiger partial charge in [0.1, 0.15) is 5.75 Å². The highest BCUT2D eigenvalue weighted by Gasteiger charge is 2.26. The number of ether oxygens (including phenoxy) is 1. The summed E-state index contributed by atoms with van der Waals surface area (Å²) in [6.07, 6.45) is 2.05. The first-order valence-corrected chi connectivity index (χ1v) is 7.97. The second-order valence-corrected chi connectivity index (χ2v) is 5.82. The minimum absolute atomic E-state index is 0.0325. The van der Waals surface area contributed by atoms with E-state index in [4.69, 9.17) is 16.3 Å². The summed E-state index contributed by atoms with van der Waals surface area (Å²) in [4.78, 5) is 11.6. The van der Waals surface area contributed by atoms with Crippen molar-refractivity contribution in [2.45, 2.75) is 33.6 Å². The summed E-state index contributed by atoms with van der Waals surface area (Å²) in [5.41, 5.74) is 0.649. The first-order valence-electron chi connectivity index (χ1n) is 6.47. The van der Waals surface area contributed by atoms with Gasteiger partial charge in [0.05, 0.1) is 12.2 Å². The summed E-state index contributed by atoms with van der Waals surface area (Å²) in [6.45, 7) is 6.42. The Bertz CT molecular complexity index is 434. The van der Waals surface area contributed by atoms with Gasteiger partial charge in [0.15, 0.2) is 5.78 Å². The van der Waals surface area contributed by atoms with Gasteiger partial charge < -0.3 is 4.74 Å². The molecule has 0 aliphatic heterocycles. The molecule has 1 aromatic carbocycles. The molecule has 0 unspecified atom stereocenters. The van der Waals surface area contributed by atoms with E-state index in [0.717, 1.165) is 18.2 Å². The Kier molecular flexibility index (Phi) is 6.34. The van der Waals surface area contributed by atoms with Crippen LogP contribution < -0.4 is 4.74 Å². The van der Waals surface area contributed by atoms with Crippen LogP contribution in [0.25, 0.3) is 0 Å². The van der Waals surface area contributed by atoms with E-state index in [-0.39, 0.29) is 11.2 Å². The number of carbonyl (C=O) groups is 1. The highest BCUT2D eigenvalue weighted by molar-refractivity contribution is 9.09. The Morgan fingerprint density at radius 3 is 2.47 bits per heavy atom. The first kappa shape index (κ1) is 16.5. The monoisotopic (exact) mass is 346 g/mol. The summed E-state index contributed by atoms with van der Waals surface area (Å²) >= 11 is 9.48. The third-order valence-electron chi connectivity index (χ3n) is 3.64. The number of benzene rings is 1. The average molecular weight is 348 g/mol. The predicted molar refractivity (Wildman–Crippen MR) is 83.8 cm³/mol. The maximum Gasteiger partial charge on any atom is 0.163 e. The number of alkyl halides is 1. The van der Waals surface area contributed by atoms with Crippen LogP contribution in [0.1, 0.15) is 44.0 Å². The van der Waals surface area contributed by atoms with Crippen molar-refractivity contribution in [1.29, 1.82) is 0 Å². The Hall–Kier alpha value is -0.540. The Balaban J connectivity index is 2.91. The van der Waals surface area contributed by atoms with Crippen LogP contribution in [0.3, 0.4) is 0 Å². The molecule has 2 nitrogen and oxygen atoms in total. The van der Waals surface area contributed by atoms with E-state index in [1.54, 1.807) is 18.2 Å². The molecule has 0 N–H and O–H groups in total. The van der Waals surface area contributed by atoms with Crippen LogP contribution in [0.5, 0.6) is 5.75 Å². The Labute approximate surface area is 128 Å². The molecule has 0 aliphatic rings. The normalized spacial score (nSPS) is 11.4. The smallest absolute Gasteiger partial charge is 0.163 e. The first-order chi connectivity index (χ1) is 8.98. The van der Waals surface area contributed by atoms with E-state index in [9.17, 15) is 4.79 Å². The van der Waals surface area contributed by atoms with Gasteiger partial charge in [-0.05, 0) is 38.0 Å². The number of ketones is 1. The van der Waals surface area contributed by atoms with Gasteiger partial charge in [-0.3, -0.25) is 4.79 Å². The fourth-order valence-electron chi connectivity index (χ4n) is 1.82. The summed E-state index contributed by atoms with van der Waals surface area (Å²) in [6, 6.07) is 5.17. The molecule has 106 valence electrons. The van der Waals surface area contributed by atoms with Crippen LogP contribution in [0.2, 0.25) is 5.02 Å². The van der Waals surface area contributed by atoms with E-state index in [1.165, 1.54) is 6.92 Å². The molecule has 0 amide bonds. The molecule has 0 spiro atoms. The van der Waals surface area contributed by atoms with Crippen LogP contribution >= 0.6 is 27.5 Å². The number of carbonyl (C=O) groups excluding carboxylic acids is 1. The SMILES string of the molecule is CCC(CC)(CBr)COc1ccc(Cl)cc1C(C)=O. The molecule has 4 heteroatoms. The lowest BCUT2D eigenvalue weighted by molar-refractivity contribution is 0.100. The van der Waals surface area contributed by atoms with Crippen molar-refractivity contribution in [3.63, 3.8) is 0 Å². The Morgan fingerprint density at radius 1 is 1.37 bits per heavy atom. The van der Waals surface area contributed by atoms with Crippen molar-refractivity contribution < 1.29 is 9.53 Å². The van der Waals surface area contributed by atoms with Crippen LogP contribution in [-0.4, -0.2) is 17.7 Å². The number of Topliss-reactive ketones (excluding diaryl/α,β-unsaturated/α-hetero) is 1. The molecule has 0 saturated heterocycles. The second-order valence-electron chi connectivity index (χ2n) is 4.83. The van der Waals surface area contributed by atoms with E-state index in [2.05, 4.69) is 29.8 Å². The van der Waals surface area contributed by atoms with Gasteiger partial charge in [0, 0.05) is 15.8 Å². The van der Waals surface area contributed by atoms with Gasteiger partial charge >= 0.3 is 0 Å². The minimum Gasteiger partial charge on any atom is -0.492 e. The van der Waals surface area contributed by atoms with Crippen molar-refractivity contribution in [2.24, 2.45) is 5.41 Å². The van der Waals surface area contributed by atoms with Crippen LogP contribution in [-0.2, 0) is 0 Å². The third kappa shape index (κ3) is 4.22. The standard InChI is InChI=1S/C15H20BrClO2/c1-4-15(5-2,9-16)10-19-14-7-6-12(17)8-13(14)11(3)18/h6-8H,4-5,9-10H2,1-3H3. The molecular formula is C15H20BrClO2. The quantitative estimate of drug-likeness (QED) is 0.505. The molecule has 0 fully saturated rings. The fourth-order valence-corrected chi connectivity index (χ4v) is 2.94. The maximum atomic E-state index is 11.6.